The largest absolute Gasteiger partial charge is 0.376 e. The lowest BCUT2D eigenvalue weighted by molar-refractivity contribution is 0.0787. The summed E-state index contributed by atoms with van der Waals surface area (Å²) in [6.07, 6.45) is 1.84. The van der Waals surface area contributed by atoms with Crippen molar-refractivity contribution < 1.29 is 13.5 Å². The lowest BCUT2D eigenvalue weighted by Crippen LogP contribution is -2.32. The third kappa shape index (κ3) is 2.82. The summed E-state index contributed by atoms with van der Waals surface area (Å²) in [5, 5.41) is 3.46. The standard InChI is InChI=1S/C13H16ClF2NO/c1-2-17-13(12-4-3-5-18-12)8-6-10(15)11(16)7-9(8)14/h6-7,12-13,17H,2-5H2,1H3. The maximum atomic E-state index is 13.3. The zero-order valence-corrected chi connectivity index (χ0v) is 10.9. The minimum Gasteiger partial charge on any atom is -0.376 e. The monoisotopic (exact) mass is 275 g/mol. The van der Waals surface area contributed by atoms with Crippen LogP contribution in [0.5, 0.6) is 0 Å². The van der Waals surface area contributed by atoms with Crippen molar-refractivity contribution in [1.82, 2.24) is 5.32 Å². The second kappa shape index (κ2) is 5.95. The first-order chi connectivity index (χ1) is 8.63. The Labute approximate surface area is 110 Å². The fourth-order valence-electron chi connectivity index (χ4n) is 2.30. The Hall–Kier alpha value is -0.710. The van der Waals surface area contributed by atoms with Crippen LogP contribution in [0.1, 0.15) is 31.4 Å². The summed E-state index contributed by atoms with van der Waals surface area (Å²) in [6.45, 7) is 3.36. The van der Waals surface area contributed by atoms with Gasteiger partial charge in [0.15, 0.2) is 11.6 Å². The molecule has 0 saturated carbocycles. The summed E-state index contributed by atoms with van der Waals surface area (Å²) in [6, 6.07) is 1.98. The van der Waals surface area contributed by atoms with Crippen molar-refractivity contribution in [3.05, 3.63) is 34.4 Å². The van der Waals surface area contributed by atoms with E-state index in [2.05, 4.69) is 5.32 Å². The van der Waals surface area contributed by atoms with Crippen LogP contribution < -0.4 is 5.32 Å². The molecule has 0 radical (unpaired) electrons. The number of hydrogen-bond donors (Lipinski definition) is 1. The van der Waals surface area contributed by atoms with Gasteiger partial charge in [-0.1, -0.05) is 18.5 Å². The molecule has 1 saturated heterocycles. The third-order valence-corrected chi connectivity index (χ3v) is 3.46. The van der Waals surface area contributed by atoms with Crippen molar-refractivity contribution in [2.75, 3.05) is 13.2 Å². The molecule has 0 aromatic heterocycles. The van der Waals surface area contributed by atoms with Crippen LogP contribution in [0, 0.1) is 11.6 Å². The van der Waals surface area contributed by atoms with E-state index in [9.17, 15) is 8.78 Å². The minimum atomic E-state index is -0.925. The fraction of sp³-hybridized carbons (Fsp3) is 0.538. The van der Waals surface area contributed by atoms with E-state index in [0.717, 1.165) is 25.0 Å². The van der Waals surface area contributed by atoms with Gasteiger partial charge in [0, 0.05) is 11.6 Å². The first-order valence-corrected chi connectivity index (χ1v) is 6.50. The molecule has 0 aliphatic carbocycles. The van der Waals surface area contributed by atoms with Crippen molar-refractivity contribution in [2.24, 2.45) is 0 Å². The number of rotatable bonds is 4. The van der Waals surface area contributed by atoms with Gasteiger partial charge in [-0.2, -0.15) is 0 Å². The molecule has 0 bridgehead atoms. The third-order valence-electron chi connectivity index (χ3n) is 3.14. The van der Waals surface area contributed by atoms with Crippen LogP contribution >= 0.6 is 11.6 Å². The highest BCUT2D eigenvalue weighted by Crippen LogP contribution is 2.32. The van der Waals surface area contributed by atoms with Gasteiger partial charge >= 0.3 is 0 Å². The summed E-state index contributed by atoms with van der Waals surface area (Å²) in [7, 11) is 0. The average Bonchev–Trinajstić information content (AvgIpc) is 2.85. The zero-order valence-electron chi connectivity index (χ0n) is 10.2. The molecule has 1 aliphatic rings. The van der Waals surface area contributed by atoms with Crippen LogP contribution in [0.15, 0.2) is 12.1 Å². The van der Waals surface area contributed by atoms with E-state index in [4.69, 9.17) is 16.3 Å². The molecule has 1 N–H and O–H groups in total. The Bertz CT molecular complexity index is 422. The van der Waals surface area contributed by atoms with E-state index >= 15 is 0 Å². The molecule has 2 nitrogen and oxygen atoms in total. The molecule has 1 aliphatic heterocycles. The Balaban J connectivity index is 2.32. The van der Waals surface area contributed by atoms with Gasteiger partial charge in [-0.25, -0.2) is 8.78 Å². The number of ether oxygens (including phenoxy) is 1. The van der Waals surface area contributed by atoms with E-state index in [1.807, 2.05) is 6.92 Å². The van der Waals surface area contributed by atoms with Gasteiger partial charge in [0.2, 0.25) is 0 Å². The SMILES string of the molecule is CCNC(c1cc(F)c(F)cc1Cl)C1CCCO1. The van der Waals surface area contributed by atoms with E-state index in [1.165, 1.54) is 0 Å². The minimum absolute atomic E-state index is 0.0349. The lowest BCUT2D eigenvalue weighted by Gasteiger charge is -2.25. The van der Waals surface area contributed by atoms with Crippen molar-refractivity contribution in [3.8, 4) is 0 Å². The zero-order chi connectivity index (χ0) is 13.1. The van der Waals surface area contributed by atoms with E-state index in [1.54, 1.807) is 0 Å². The molecule has 0 spiro atoms. The van der Waals surface area contributed by atoms with Crippen molar-refractivity contribution in [2.45, 2.75) is 31.9 Å². The number of likely N-dealkylation sites (N-methyl/N-ethyl adjacent to an activating group) is 1. The van der Waals surface area contributed by atoms with E-state index < -0.39 is 11.6 Å². The Morgan fingerprint density at radius 2 is 2.17 bits per heavy atom. The quantitative estimate of drug-likeness (QED) is 0.850. The van der Waals surface area contributed by atoms with Crippen molar-refractivity contribution in [1.29, 1.82) is 0 Å². The van der Waals surface area contributed by atoms with Crippen LogP contribution in [0.4, 0.5) is 8.78 Å². The molecule has 1 aromatic rings. The van der Waals surface area contributed by atoms with Gasteiger partial charge in [0.1, 0.15) is 0 Å². The predicted molar refractivity (Wildman–Crippen MR) is 66.8 cm³/mol. The Morgan fingerprint density at radius 3 is 2.78 bits per heavy atom. The topological polar surface area (TPSA) is 21.3 Å². The van der Waals surface area contributed by atoms with E-state index in [0.29, 0.717) is 18.7 Å². The second-order valence-electron chi connectivity index (χ2n) is 4.37. The average molecular weight is 276 g/mol. The molecule has 2 atom stereocenters. The fourth-order valence-corrected chi connectivity index (χ4v) is 2.57. The van der Waals surface area contributed by atoms with Gasteiger partial charge in [0.05, 0.1) is 12.1 Å². The molecule has 100 valence electrons. The van der Waals surface area contributed by atoms with Gasteiger partial charge in [-0.3, -0.25) is 0 Å². The highest BCUT2D eigenvalue weighted by Gasteiger charge is 2.29. The number of hydrogen-bond acceptors (Lipinski definition) is 2. The molecule has 1 fully saturated rings. The molecule has 1 heterocycles. The smallest absolute Gasteiger partial charge is 0.160 e. The first kappa shape index (κ1) is 13.7. The van der Waals surface area contributed by atoms with Crippen LogP contribution in [-0.2, 0) is 4.74 Å². The van der Waals surface area contributed by atoms with Gasteiger partial charge in [-0.15, -0.1) is 0 Å². The molecular formula is C13H16ClF2NO. The summed E-state index contributed by atoms with van der Waals surface area (Å²) >= 11 is 6.01. The summed E-state index contributed by atoms with van der Waals surface area (Å²) in [5.41, 5.74) is 0.560. The maximum absolute atomic E-state index is 13.3. The van der Waals surface area contributed by atoms with Gasteiger partial charge in [-0.05, 0) is 37.1 Å². The highest BCUT2D eigenvalue weighted by molar-refractivity contribution is 6.31. The number of halogens is 3. The number of benzene rings is 1. The Morgan fingerprint density at radius 1 is 1.44 bits per heavy atom. The van der Waals surface area contributed by atoms with Crippen molar-refractivity contribution in [3.63, 3.8) is 0 Å². The lowest BCUT2D eigenvalue weighted by atomic mass is 9.99. The Kier molecular flexibility index (Phi) is 4.54. The highest BCUT2D eigenvalue weighted by atomic mass is 35.5. The van der Waals surface area contributed by atoms with Crippen LogP contribution in [0.25, 0.3) is 0 Å². The molecular weight excluding hydrogens is 260 g/mol. The molecule has 2 unspecified atom stereocenters. The molecule has 2 rings (SSSR count). The second-order valence-corrected chi connectivity index (χ2v) is 4.78. The summed E-state index contributed by atoms with van der Waals surface area (Å²) in [4.78, 5) is 0. The van der Waals surface area contributed by atoms with E-state index in [-0.39, 0.29) is 17.2 Å². The van der Waals surface area contributed by atoms with Crippen molar-refractivity contribution >= 4 is 11.6 Å². The van der Waals surface area contributed by atoms with Crippen LogP contribution in [0.2, 0.25) is 5.02 Å². The molecule has 18 heavy (non-hydrogen) atoms. The van der Waals surface area contributed by atoms with Gasteiger partial charge in [0.25, 0.3) is 0 Å². The van der Waals surface area contributed by atoms with Gasteiger partial charge < -0.3 is 10.1 Å². The van der Waals surface area contributed by atoms with Crippen LogP contribution in [-0.4, -0.2) is 19.3 Å². The summed E-state index contributed by atoms with van der Waals surface area (Å²) < 4.78 is 32.0. The predicted octanol–water partition coefficient (Wildman–Crippen LogP) is 3.45. The molecule has 0 amide bonds. The van der Waals surface area contributed by atoms with Crippen LogP contribution in [0.3, 0.4) is 0 Å². The summed E-state index contributed by atoms with van der Waals surface area (Å²) in [5.74, 6) is -1.80. The first-order valence-electron chi connectivity index (χ1n) is 6.13. The molecule has 1 aromatic carbocycles. The maximum Gasteiger partial charge on any atom is 0.160 e. The normalized spacial score (nSPS) is 21.2. The molecule has 5 heteroatoms. The number of nitrogens with one attached hydrogen (secondary N) is 1.